The summed E-state index contributed by atoms with van der Waals surface area (Å²) in [5, 5.41) is 14.4. The number of aliphatic hydroxyl groups excluding tert-OH is 1. The van der Waals surface area contributed by atoms with Crippen LogP contribution in [-0.4, -0.2) is 22.0 Å². The van der Waals surface area contributed by atoms with E-state index in [2.05, 4.69) is 21.0 Å². The molecule has 1 atom stereocenters. The molecule has 0 saturated carbocycles. The maximum Gasteiger partial charge on any atom is 0.163 e. The van der Waals surface area contributed by atoms with Crippen LogP contribution in [0.5, 0.6) is 5.75 Å². The summed E-state index contributed by atoms with van der Waals surface area (Å²) in [4.78, 5) is 2.01. The number of aromatic nitrogens is 2. The van der Waals surface area contributed by atoms with E-state index < -0.39 is 6.10 Å². The van der Waals surface area contributed by atoms with Crippen molar-refractivity contribution < 1.29 is 9.84 Å². The molecule has 0 aliphatic heterocycles. The monoisotopic (exact) mass is 316 g/mol. The van der Waals surface area contributed by atoms with E-state index >= 15 is 0 Å². The van der Waals surface area contributed by atoms with Crippen molar-refractivity contribution in [3.05, 3.63) is 32.2 Å². The van der Waals surface area contributed by atoms with Crippen molar-refractivity contribution in [1.82, 2.24) is 9.78 Å². The van der Waals surface area contributed by atoms with Gasteiger partial charge in [-0.05, 0) is 28.9 Å². The van der Waals surface area contributed by atoms with Gasteiger partial charge in [0.1, 0.15) is 11.8 Å². The van der Waals surface area contributed by atoms with Crippen molar-refractivity contribution in [2.45, 2.75) is 13.0 Å². The van der Waals surface area contributed by atoms with Gasteiger partial charge in [0, 0.05) is 21.3 Å². The van der Waals surface area contributed by atoms with E-state index in [4.69, 9.17) is 4.74 Å². The van der Waals surface area contributed by atoms with Crippen molar-refractivity contribution in [3.8, 4) is 5.75 Å². The molecule has 0 bridgehead atoms. The van der Waals surface area contributed by atoms with Gasteiger partial charge >= 0.3 is 0 Å². The molecule has 0 saturated heterocycles. The van der Waals surface area contributed by atoms with E-state index in [0.29, 0.717) is 11.4 Å². The normalized spacial score (nSPS) is 12.8. The largest absolute Gasteiger partial charge is 0.493 e. The van der Waals surface area contributed by atoms with Crippen LogP contribution < -0.4 is 4.74 Å². The first kappa shape index (κ1) is 12.6. The van der Waals surface area contributed by atoms with Crippen LogP contribution in [0.2, 0.25) is 0 Å². The molecule has 0 fully saturated rings. The maximum atomic E-state index is 10.4. The molecule has 0 radical (unpaired) electrons. The number of aryl methyl sites for hydroxylation is 2. The second-order valence-electron chi connectivity index (χ2n) is 3.68. The van der Waals surface area contributed by atoms with Crippen molar-refractivity contribution in [3.63, 3.8) is 0 Å². The summed E-state index contributed by atoms with van der Waals surface area (Å²) in [5.74, 6) is 0.599. The molecule has 6 heteroatoms. The summed E-state index contributed by atoms with van der Waals surface area (Å²) in [6.45, 7) is 2.01. The molecular weight excluding hydrogens is 304 g/mol. The van der Waals surface area contributed by atoms with Crippen molar-refractivity contribution >= 4 is 27.3 Å². The summed E-state index contributed by atoms with van der Waals surface area (Å²) in [5.41, 5.74) is 0.668. The number of aliphatic hydroxyl groups is 1. The van der Waals surface area contributed by atoms with E-state index in [1.807, 2.05) is 13.0 Å². The molecule has 0 aliphatic rings. The Labute approximate surface area is 112 Å². The summed E-state index contributed by atoms with van der Waals surface area (Å²) in [6.07, 6.45) is 0.890. The lowest BCUT2D eigenvalue weighted by atomic mass is 10.2. The van der Waals surface area contributed by atoms with Gasteiger partial charge < -0.3 is 9.84 Å². The Hall–Kier alpha value is -0.850. The minimum atomic E-state index is -0.715. The summed E-state index contributed by atoms with van der Waals surface area (Å²) in [7, 11) is 3.36. The lowest BCUT2D eigenvalue weighted by molar-refractivity contribution is 0.208. The first-order valence-corrected chi connectivity index (χ1v) is 6.65. The first-order valence-electron chi connectivity index (χ1n) is 5.04. The van der Waals surface area contributed by atoms with Crippen molar-refractivity contribution in [2.24, 2.45) is 7.05 Å². The van der Waals surface area contributed by atoms with Crippen LogP contribution in [0.15, 0.2) is 16.7 Å². The second-order valence-corrected chi connectivity index (χ2v) is 5.82. The lowest BCUT2D eigenvalue weighted by Crippen LogP contribution is -2.06. The average molecular weight is 317 g/mol. The van der Waals surface area contributed by atoms with Crippen LogP contribution in [0.4, 0.5) is 0 Å². The van der Waals surface area contributed by atoms with Gasteiger partial charge in [0.25, 0.3) is 0 Å². The summed E-state index contributed by atoms with van der Waals surface area (Å²) in [6, 6.07) is 1.93. The molecule has 0 spiro atoms. The van der Waals surface area contributed by atoms with Crippen LogP contribution >= 0.6 is 27.3 Å². The highest BCUT2D eigenvalue weighted by atomic mass is 79.9. The Balaban J connectivity index is 2.42. The molecule has 2 aromatic rings. The lowest BCUT2D eigenvalue weighted by Gasteiger charge is -2.11. The zero-order chi connectivity index (χ0) is 12.6. The van der Waals surface area contributed by atoms with Crippen molar-refractivity contribution in [1.29, 1.82) is 0 Å². The fourth-order valence-electron chi connectivity index (χ4n) is 1.65. The minimum absolute atomic E-state index is 0.599. The standard InChI is InChI=1S/C11H13BrN2O2S/c1-6-7(12)4-9(17-6)11(15)10-8(16-3)5-13-14(10)2/h4-5,11,15H,1-3H3. The molecule has 2 heterocycles. The molecule has 92 valence electrons. The van der Waals surface area contributed by atoms with Crippen LogP contribution in [0, 0.1) is 6.92 Å². The summed E-state index contributed by atoms with van der Waals surface area (Å²) >= 11 is 5.00. The third-order valence-corrected chi connectivity index (χ3v) is 4.76. The molecule has 0 aliphatic carbocycles. The van der Waals surface area contributed by atoms with Gasteiger partial charge in [0.15, 0.2) is 5.75 Å². The minimum Gasteiger partial charge on any atom is -0.493 e. The van der Waals surface area contributed by atoms with Crippen LogP contribution in [-0.2, 0) is 7.05 Å². The van der Waals surface area contributed by atoms with Gasteiger partial charge in [0.05, 0.1) is 13.3 Å². The van der Waals surface area contributed by atoms with Gasteiger partial charge in [-0.2, -0.15) is 5.10 Å². The molecule has 0 amide bonds. The molecular formula is C11H13BrN2O2S. The highest BCUT2D eigenvalue weighted by Gasteiger charge is 2.22. The van der Waals surface area contributed by atoms with E-state index in [1.54, 1.807) is 36.4 Å². The number of halogens is 1. The average Bonchev–Trinajstić information content (AvgIpc) is 2.82. The van der Waals surface area contributed by atoms with Crippen LogP contribution in [0.25, 0.3) is 0 Å². The Bertz CT molecular complexity index is 516. The highest BCUT2D eigenvalue weighted by molar-refractivity contribution is 9.10. The number of hydrogen-bond acceptors (Lipinski definition) is 4. The van der Waals surface area contributed by atoms with E-state index in [0.717, 1.165) is 14.2 Å². The smallest absolute Gasteiger partial charge is 0.163 e. The van der Waals surface area contributed by atoms with E-state index in [-0.39, 0.29) is 0 Å². The van der Waals surface area contributed by atoms with Gasteiger partial charge in [0.2, 0.25) is 0 Å². The Morgan fingerprint density at radius 2 is 2.29 bits per heavy atom. The Kier molecular flexibility index (Phi) is 3.56. The quantitative estimate of drug-likeness (QED) is 0.947. The molecule has 17 heavy (non-hydrogen) atoms. The number of ether oxygens (including phenoxy) is 1. The Morgan fingerprint density at radius 1 is 1.59 bits per heavy atom. The second kappa shape index (κ2) is 4.80. The number of rotatable bonds is 3. The van der Waals surface area contributed by atoms with Crippen LogP contribution in [0.3, 0.4) is 0 Å². The van der Waals surface area contributed by atoms with Gasteiger partial charge in [-0.1, -0.05) is 0 Å². The number of nitrogens with zero attached hydrogens (tertiary/aromatic N) is 2. The zero-order valence-electron chi connectivity index (χ0n) is 9.77. The third-order valence-electron chi connectivity index (χ3n) is 2.57. The fourth-order valence-corrected chi connectivity index (χ4v) is 3.20. The zero-order valence-corrected chi connectivity index (χ0v) is 12.2. The molecule has 0 aromatic carbocycles. The van der Waals surface area contributed by atoms with Gasteiger partial charge in [-0.3, -0.25) is 4.68 Å². The molecule has 2 aromatic heterocycles. The SMILES string of the molecule is COc1cnn(C)c1C(O)c1cc(Br)c(C)s1. The molecule has 2 rings (SSSR count). The van der Waals surface area contributed by atoms with Gasteiger partial charge in [-0.25, -0.2) is 0 Å². The topological polar surface area (TPSA) is 47.3 Å². The third kappa shape index (κ3) is 2.25. The van der Waals surface area contributed by atoms with E-state index in [1.165, 1.54) is 0 Å². The summed E-state index contributed by atoms with van der Waals surface area (Å²) < 4.78 is 7.84. The van der Waals surface area contributed by atoms with Crippen LogP contribution in [0.1, 0.15) is 21.6 Å². The molecule has 1 unspecified atom stereocenters. The fraction of sp³-hybridized carbons (Fsp3) is 0.364. The molecule has 4 nitrogen and oxygen atoms in total. The predicted octanol–water partition coefficient (Wildman–Crippen LogP) is 2.64. The Morgan fingerprint density at radius 3 is 2.82 bits per heavy atom. The number of methoxy groups -OCH3 is 1. The number of thiophene rings is 1. The van der Waals surface area contributed by atoms with E-state index in [9.17, 15) is 5.11 Å². The number of hydrogen-bond donors (Lipinski definition) is 1. The highest BCUT2D eigenvalue weighted by Crippen LogP contribution is 2.36. The predicted molar refractivity (Wildman–Crippen MR) is 70.6 cm³/mol. The maximum absolute atomic E-state index is 10.4. The first-order chi connectivity index (χ1) is 8.04. The molecule has 1 N–H and O–H groups in total. The van der Waals surface area contributed by atoms with Crippen molar-refractivity contribution in [2.75, 3.05) is 7.11 Å². The van der Waals surface area contributed by atoms with Gasteiger partial charge in [-0.15, -0.1) is 11.3 Å².